The maximum Gasteiger partial charge on any atom is 3.00 e. The molecule has 4 N–H and O–H groups in total. The molecule has 266 valence electrons. The molecular formula is C32H26CoN10NaO8S+2. The van der Waals surface area contributed by atoms with Crippen molar-refractivity contribution >= 4 is 38.5 Å². The number of nitrogens with zero attached hydrogens (tertiary/aromatic N) is 7. The van der Waals surface area contributed by atoms with Crippen LogP contribution in [0.4, 0.5) is 28.4 Å². The molecule has 53 heavy (non-hydrogen) atoms. The van der Waals surface area contributed by atoms with Gasteiger partial charge in [0.2, 0.25) is 10.0 Å². The second-order valence-corrected chi connectivity index (χ2v) is 12.2. The van der Waals surface area contributed by atoms with Gasteiger partial charge in [-0.3, -0.25) is 29.9 Å². The Hall–Kier alpha value is -5.48. The molecule has 0 amide bonds. The third-order valence-corrected chi connectivity index (χ3v) is 7.95. The first-order chi connectivity index (χ1) is 24.2. The summed E-state index contributed by atoms with van der Waals surface area (Å²) in [5.41, 5.74) is 0.555. The number of hydrogen-bond acceptors (Lipinski definition) is 12. The van der Waals surface area contributed by atoms with Gasteiger partial charge in [0, 0.05) is 12.1 Å². The Morgan fingerprint density at radius 2 is 1.09 bits per heavy atom. The zero-order valence-electron chi connectivity index (χ0n) is 28.0. The number of hydrogen-bond donors (Lipinski definition) is 3. The molecule has 0 aliphatic heterocycles. The summed E-state index contributed by atoms with van der Waals surface area (Å²) in [7, 11) is -3.99. The molecule has 18 nitrogen and oxygen atoms in total. The van der Waals surface area contributed by atoms with Crippen molar-refractivity contribution in [3.8, 4) is 22.9 Å². The molecule has 0 aliphatic carbocycles. The normalized spacial score (nSPS) is 11.1. The molecule has 0 saturated heterocycles. The predicted octanol–water partition coefficient (Wildman–Crippen LogP) is 1.48. The van der Waals surface area contributed by atoms with E-state index in [0.717, 1.165) is 36.4 Å². The van der Waals surface area contributed by atoms with E-state index < -0.39 is 37.6 Å². The molecular weight excluding hydrogens is 766 g/mol. The number of non-ortho nitro benzene ring substituents is 1. The number of nitrogens with one attached hydrogen (secondary N) is 2. The van der Waals surface area contributed by atoms with Gasteiger partial charge in [0.1, 0.15) is 0 Å². The quantitative estimate of drug-likeness (QED) is 0.0877. The molecule has 0 saturated carbocycles. The van der Waals surface area contributed by atoms with Crippen LogP contribution in [0.5, 0.6) is 11.5 Å². The number of aryl methyl sites for hydroxylation is 2. The maximum atomic E-state index is 12.5. The first-order valence-electron chi connectivity index (χ1n) is 14.6. The summed E-state index contributed by atoms with van der Waals surface area (Å²) in [6, 6.07) is 24.0. The third-order valence-electron chi connectivity index (χ3n) is 7.04. The third kappa shape index (κ3) is 9.90. The van der Waals surface area contributed by atoms with Crippen LogP contribution in [0.25, 0.3) is 11.4 Å². The number of nitro benzene ring substituents is 1. The Kier molecular flexibility index (Phi) is 14.1. The molecule has 0 fully saturated rings. The van der Waals surface area contributed by atoms with Crippen LogP contribution < -0.4 is 56.0 Å². The van der Waals surface area contributed by atoms with Gasteiger partial charge in [-0.05, 0) is 50.2 Å². The Morgan fingerprint density at radius 1 is 0.679 bits per heavy atom. The Bertz CT molecular complexity index is 2530. The average Bonchev–Trinajstić information content (AvgIpc) is 3.56. The minimum Gasteiger partial charge on any atom is -0.871 e. The Morgan fingerprint density at radius 3 is 1.51 bits per heavy atom. The maximum absolute atomic E-state index is 12.5. The zero-order valence-corrected chi connectivity index (χ0v) is 31.8. The first kappa shape index (κ1) is 41.9. The number of nitro groups is 1. The van der Waals surface area contributed by atoms with E-state index in [0.29, 0.717) is 22.8 Å². The average molecular weight is 793 g/mol. The fourth-order valence-electron chi connectivity index (χ4n) is 4.49. The van der Waals surface area contributed by atoms with Crippen LogP contribution in [0.2, 0.25) is 0 Å². The molecule has 0 aliphatic rings. The smallest absolute Gasteiger partial charge is 0.871 e. The molecule has 21 heteroatoms. The van der Waals surface area contributed by atoms with E-state index >= 15 is 0 Å². The van der Waals surface area contributed by atoms with Gasteiger partial charge in [-0.1, -0.05) is 60.0 Å². The second kappa shape index (κ2) is 17.8. The van der Waals surface area contributed by atoms with Crippen LogP contribution in [0.1, 0.15) is 11.4 Å². The summed E-state index contributed by atoms with van der Waals surface area (Å²) in [4.78, 5) is 34.8. The van der Waals surface area contributed by atoms with Gasteiger partial charge >= 0.3 is 46.3 Å². The van der Waals surface area contributed by atoms with Crippen LogP contribution in [-0.2, 0) is 26.8 Å². The summed E-state index contributed by atoms with van der Waals surface area (Å²) >= 11 is 0. The van der Waals surface area contributed by atoms with Gasteiger partial charge in [-0.2, -0.15) is 10.2 Å². The Balaban J connectivity index is 0.000000275. The van der Waals surface area contributed by atoms with Crippen LogP contribution in [-0.4, -0.2) is 32.9 Å². The van der Waals surface area contributed by atoms with Crippen molar-refractivity contribution < 1.29 is 69.9 Å². The van der Waals surface area contributed by atoms with Crippen molar-refractivity contribution in [2.75, 3.05) is 0 Å². The number of benzene rings is 4. The van der Waals surface area contributed by atoms with E-state index in [9.17, 15) is 38.3 Å². The fourth-order valence-corrected chi connectivity index (χ4v) is 5.02. The van der Waals surface area contributed by atoms with E-state index in [2.05, 4.69) is 30.7 Å². The number of aromatic amines is 2. The van der Waals surface area contributed by atoms with E-state index in [-0.39, 0.29) is 79.7 Å². The summed E-state index contributed by atoms with van der Waals surface area (Å²) in [5, 5.41) is 60.3. The van der Waals surface area contributed by atoms with Gasteiger partial charge in [-0.15, -0.1) is 10.2 Å². The first-order valence-corrected chi connectivity index (χ1v) is 16.2. The van der Waals surface area contributed by atoms with Gasteiger partial charge in [0.15, 0.2) is 11.4 Å². The fraction of sp³-hybridized carbons (Fsp3) is 0.0625. The molecule has 0 atom stereocenters. The summed E-state index contributed by atoms with van der Waals surface area (Å²) in [6.45, 7) is 3.27. The van der Waals surface area contributed by atoms with Gasteiger partial charge < -0.3 is 10.2 Å². The van der Waals surface area contributed by atoms with Crippen molar-refractivity contribution in [3.05, 3.63) is 139 Å². The Labute approximate surface area is 332 Å². The van der Waals surface area contributed by atoms with Gasteiger partial charge in [0.25, 0.3) is 16.8 Å². The van der Waals surface area contributed by atoms with Crippen molar-refractivity contribution in [1.82, 2.24) is 19.6 Å². The minimum absolute atomic E-state index is 0. The number of primary sulfonamides is 1. The summed E-state index contributed by atoms with van der Waals surface area (Å²) in [6.07, 6.45) is 0. The monoisotopic (exact) mass is 792 g/mol. The predicted molar refractivity (Wildman–Crippen MR) is 180 cm³/mol. The number of rotatable bonds is 8. The number of aromatic nitrogens is 4. The van der Waals surface area contributed by atoms with E-state index in [1.165, 1.54) is 9.36 Å². The summed E-state index contributed by atoms with van der Waals surface area (Å²) in [5.74, 6) is -1.07. The molecule has 0 spiro atoms. The molecule has 6 rings (SSSR count). The number of H-pyrrole nitrogens is 2. The molecule has 0 bridgehead atoms. The molecule has 4 aromatic carbocycles. The van der Waals surface area contributed by atoms with Crippen LogP contribution in [0, 0.1) is 24.0 Å². The van der Waals surface area contributed by atoms with Crippen molar-refractivity contribution in [2.45, 2.75) is 18.7 Å². The van der Waals surface area contributed by atoms with Crippen LogP contribution in [0.3, 0.4) is 0 Å². The van der Waals surface area contributed by atoms with E-state index in [1.54, 1.807) is 62.4 Å². The van der Waals surface area contributed by atoms with Crippen molar-refractivity contribution in [1.29, 1.82) is 0 Å². The van der Waals surface area contributed by atoms with E-state index in [1.807, 2.05) is 12.1 Å². The van der Waals surface area contributed by atoms with Gasteiger partial charge in [0.05, 0.1) is 44.0 Å². The SMILES string of the molecule is Cc1[nH]n(-c2ccccc2)c(=O)c1N=Nc1cc(S(N)(=O)=O)ccc1[O-].Cc1[nH]n(-c2ccccc2)c(=O)c1N=Nc1cc([N+](=O)[O-])ccc1[O-].[Co+3].[Na+]. The standard InChI is InChI=1S/C16H15N5O4S.C16H13N5O4.Co.Na/c1-10-15(16(23)21(20-10)11-5-3-2-4-6-11)19-18-13-9-12(26(17,24)25)7-8-14(13)22;1-10-15(16(23)20(19-10)11-5-3-2-4-6-11)18-17-13-9-12(21(24)25)7-8-14(13)22;;/h2-9,20,22H,1H3,(H2,17,24,25);2-9,19,22H,1H3;;/q;;+3;+1/p-2. The van der Waals surface area contributed by atoms with E-state index in [4.69, 9.17) is 5.14 Å². The van der Waals surface area contributed by atoms with Crippen LogP contribution >= 0.6 is 0 Å². The van der Waals surface area contributed by atoms with Crippen molar-refractivity contribution in [3.63, 3.8) is 0 Å². The molecule has 2 heterocycles. The summed E-state index contributed by atoms with van der Waals surface area (Å²) < 4.78 is 25.4. The number of nitrogens with two attached hydrogens (primary N) is 1. The molecule has 6 aromatic rings. The topological polar surface area (TPSA) is 274 Å². The van der Waals surface area contributed by atoms with Crippen LogP contribution in [0.15, 0.2) is 132 Å². The number of azo groups is 2. The molecule has 2 aromatic heterocycles. The number of sulfonamides is 1. The van der Waals surface area contributed by atoms with Gasteiger partial charge in [-0.25, -0.2) is 22.9 Å². The second-order valence-electron chi connectivity index (χ2n) is 10.6. The molecule has 0 unspecified atom stereocenters. The van der Waals surface area contributed by atoms with Crippen molar-refractivity contribution in [2.24, 2.45) is 25.6 Å². The minimum atomic E-state index is -3.99. The number of para-hydroxylation sites is 2. The largest absolute Gasteiger partial charge is 3.00 e. The zero-order chi connectivity index (χ0) is 36.9. The molecule has 0 radical (unpaired) electrons.